The molecule has 3 aliphatic heterocycles. The molecule has 1 aromatic rings. The van der Waals surface area contributed by atoms with Crippen molar-refractivity contribution in [3.05, 3.63) is 55.6 Å². The summed E-state index contributed by atoms with van der Waals surface area (Å²) in [7, 11) is 0. The Balaban J connectivity index is 1.69. The summed E-state index contributed by atoms with van der Waals surface area (Å²) in [6.07, 6.45) is 7.32. The number of fused-ring (bicyclic) bond motifs is 1. The third-order valence-electron chi connectivity index (χ3n) is 8.50. The number of benzene rings is 1. The van der Waals surface area contributed by atoms with E-state index in [9.17, 15) is 14.4 Å². The Bertz CT molecular complexity index is 1060. The summed E-state index contributed by atoms with van der Waals surface area (Å²) in [4.78, 5) is 47.7. The number of aliphatic hydroxyl groups is 1. The molecule has 212 valence electrons. The van der Waals surface area contributed by atoms with Crippen molar-refractivity contribution >= 4 is 23.4 Å². The lowest BCUT2D eigenvalue weighted by Gasteiger charge is -2.38. The summed E-state index contributed by atoms with van der Waals surface area (Å²) in [5.41, 5.74) is -0.273. The van der Waals surface area contributed by atoms with Crippen LogP contribution in [0.15, 0.2) is 55.6 Å². The first kappa shape index (κ1) is 29.0. The molecule has 4 rings (SSSR count). The van der Waals surface area contributed by atoms with E-state index in [1.54, 1.807) is 26.9 Å². The van der Waals surface area contributed by atoms with E-state index in [0.29, 0.717) is 38.9 Å². The summed E-state index contributed by atoms with van der Waals surface area (Å²) in [6.45, 7) is 12.8. The van der Waals surface area contributed by atoms with Gasteiger partial charge < -0.3 is 24.5 Å². The van der Waals surface area contributed by atoms with E-state index in [1.807, 2.05) is 44.2 Å². The smallest absolute Gasteiger partial charge is 0.248 e. The molecule has 0 aromatic heterocycles. The highest BCUT2D eigenvalue weighted by molar-refractivity contribution is 6.03. The second-order valence-electron chi connectivity index (χ2n) is 11.2. The molecule has 39 heavy (non-hydrogen) atoms. The first-order valence-electron chi connectivity index (χ1n) is 14.3. The van der Waals surface area contributed by atoms with Crippen molar-refractivity contribution in [3.63, 3.8) is 0 Å². The Kier molecular flexibility index (Phi) is 9.28. The Hall–Kier alpha value is -2.97. The number of nitrogens with zero attached hydrogens (tertiary/aromatic N) is 3. The average molecular weight is 538 g/mol. The van der Waals surface area contributed by atoms with Crippen LogP contribution in [-0.4, -0.2) is 82.7 Å². The van der Waals surface area contributed by atoms with Crippen LogP contribution in [0.3, 0.4) is 0 Å². The fourth-order valence-corrected chi connectivity index (χ4v) is 6.79. The lowest BCUT2D eigenvalue weighted by atomic mass is 9.70. The van der Waals surface area contributed by atoms with Crippen LogP contribution in [0.2, 0.25) is 0 Å². The highest BCUT2D eigenvalue weighted by atomic mass is 16.5. The standard InChI is InChI=1S/C31H43N3O5/c1-5-18-32(22(3)4)30(38)27-31-17-16-24(39-31)25(26(31)29(37)34(27)20-12-7-8-13-21-35)28(36)33(19-6-2)23-14-10-9-11-15-23/h5-6,9-11,14-15,22,24-27,35H,1-2,7-8,12-13,16-21H2,3-4H3/t24-,25+,26-,27?,31?/m0/s1. The van der Waals surface area contributed by atoms with Crippen molar-refractivity contribution in [1.29, 1.82) is 0 Å². The Morgan fingerprint density at radius 2 is 1.79 bits per heavy atom. The number of likely N-dealkylation sites (tertiary alicyclic amines) is 1. The molecule has 1 aromatic carbocycles. The third-order valence-corrected chi connectivity index (χ3v) is 8.50. The zero-order valence-electron chi connectivity index (χ0n) is 23.3. The second-order valence-corrected chi connectivity index (χ2v) is 11.2. The van der Waals surface area contributed by atoms with Gasteiger partial charge in [-0.3, -0.25) is 14.4 Å². The highest BCUT2D eigenvalue weighted by Gasteiger charge is 2.74. The van der Waals surface area contributed by atoms with Gasteiger partial charge in [0.05, 0.1) is 17.9 Å². The molecule has 3 fully saturated rings. The summed E-state index contributed by atoms with van der Waals surface area (Å²) >= 11 is 0. The van der Waals surface area contributed by atoms with Crippen molar-refractivity contribution in [1.82, 2.24) is 9.80 Å². The van der Waals surface area contributed by atoms with E-state index in [0.717, 1.165) is 24.9 Å². The van der Waals surface area contributed by atoms with Crippen LogP contribution in [0, 0.1) is 11.8 Å². The van der Waals surface area contributed by atoms with E-state index >= 15 is 0 Å². The van der Waals surface area contributed by atoms with Crippen molar-refractivity contribution in [2.45, 2.75) is 76.2 Å². The molecular weight excluding hydrogens is 494 g/mol. The van der Waals surface area contributed by atoms with Gasteiger partial charge >= 0.3 is 0 Å². The largest absolute Gasteiger partial charge is 0.396 e. The number of hydrogen-bond donors (Lipinski definition) is 1. The maximum absolute atomic E-state index is 14.2. The van der Waals surface area contributed by atoms with Gasteiger partial charge in [0.2, 0.25) is 17.7 Å². The molecule has 8 heteroatoms. The number of unbranched alkanes of at least 4 members (excludes halogenated alkanes) is 3. The van der Waals surface area contributed by atoms with Gasteiger partial charge in [0.25, 0.3) is 0 Å². The Labute approximate surface area is 232 Å². The number of rotatable bonds is 14. The summed E-state index contributed by atoms with van der Waals surface area (Å²) in [5, 5.41) is 9.14. The molecule has 1 N–H and O–H groups in total. The van der Waals surface area contributed by atoms with Gasteiger partial charge in [-0.15, -0.1) is 13.2 Å². The third kappa shape index (κ3) is 5.29. The zero-order valence-corrected chi connectivity index (χ0v) is 23.3. The molecule has 0 radical (unpaired) electrons. The minimum atomic E-state index is -1.02. The average Bonchev–Trinajstić information content (AvgIpc) is 3.57. The van der Waals surface area contributed by atoms with Crippen LogP contribution in [0.25, 0.3) is 0 Å². The number of aliphatic hydroxyl groups excluding tert-OH is 1. The lowest BCUT2D eigenvalue weighted by molar-refractivity contribution is -0.149. The van der Waals surface area contributed by atoms with Crippen LogP contribution in [-0.2, 0) is 19.1 Å². The van der Waals surface area contributed by atoms with E-state index < -0.39 is 29.6 Å². The molecule has 3 aliphatic rings. The molecule has 0 saturated carbocycles. The number of carbonyl (C=O) groups is 3. The lowest BCUT2D eigenvalue weighted by Crippen LogP contribution is -2.57. The maximum Gasteiger partial charge on any atom is 0.248 e. The second kappa shape index (κ2) is 12.5. The molecule has 5 atom stereocenters. The normalized spacial score (nSPS) is 27.1. The van der Waals surface area contributed by atoms with E-state index in [-0.39, 0.29) is 30.4 Å². The molecule has 2 unspecified atom stereocenters. The minimum absolute atomic E-state index is 0.0790. The number of hydrogen-bond acceptors (Lipinski definition) is 5. The quantitative estimate of drug-likeness (QED) is 0.290. The topological polar surface area (TPSA) is 90.4 Å². The first-order chi connectivity index (χ1) is 18.8. The summed E-state index contributed by atoms with van der Waals surface area (Å²) in [6, 6.07) is 8.56. The van der Waals surface area contributed by atoms with Gasteiger partial charge in [-0.1, -0.05) is 43.2 Å². The Morgan fingerprint density at radius 1 is 1.10 bits per heavy atom. The van der Waals surface area contributed by atoms with Gasteiger partial charge in [0, 0.05) is 38.0 Å². The molecule has 3 saturated heterocycles. The molecule has 0 aliphatic carbocycles. The predicted octanol–water partition coefficient (Wildman–Crippen LogP) is 3.56. The van der Waals surface area contributed by atoms with Crippen molar-refractivity contribution in [2.75, 3.05) is 31.1 Å². The van der Waals surface area contributed by atoms with E-state index in [2.05, 4.69) is 13.2 Å². The van der Waals surface area contributed by atoms with Gasteiger partial charge in [0.1, 0.15) is 11.6 Å². The van der Waals surface area contributed by atoms with Crippen molar-refractivity contribution in [2.24, 2.45) is 11.8 Å². The monoisotopic (exact) mass is 537 g/mol. The van der Waals surface area contributed by atoms with Crippen LogP contribution in [0.1, 0.15) is 52.4 Å². The maximum atomic E-state index is 14.2. The van der Waals surface area contributed by atoms with Gasteiger partial charge in [-0.25, -0.2) is 0 Å². The highest BCUT2D eigenvalue weighted by Crippen LogP contribution is 2.59. The first-order valence-corrected chi connectivity index (χ1v) is 14.3. The van der Waals surface area contributed by atoms with E-state index in [1.165, 1.54) is 0 Å². The summed E-state index contributed by atoms with van der Waals surface area (Å²) < 4.78 is 6.63. The minimum Gasteiger partial charge on any atom is -0.396 e. The molecule has 2 bridgehead atoms. The molecule has 8 nitrogen and oxygen atoms in total. The number of carbonyl (C=O) groups excluding carboxylic acids is 3. The molecule has 3 heterocycles. The van der Waals surface area contributed by atoms with Gasteiger partial charge in [-0.2, -0.15) is 0 Å². The van der Waals surface area contributed by atoms with Gasteiger partial charge in [-0.05, 0) is 51.7 Å². The van der Waals surface area contributed by atoms with Crippen LogP contribution < -0.4 is 4.90 Å². The fraction of sp³-hybridized carbons (Fsp3) is 0.581. The number of ether oxygens (including phenoxy) is 1. The Morgan fingerprint density at radius 3 is 2.44 bits per heavy atom. The molecule has 1 spiro atoms. The van der Waals surface area contributed by atoms with Crippen LogP contribution >= 0.6 is 0 Å². The van der Waals surface area contributed by atoms with Crippen LogP contribution in [0.4, 0.5) is 5.69 Å². The van der Waals surface area contributed by atoms with Crippen LogP contribution in [0.5, 0.6) is 0 Å². The molecule has 3 amide bonds. The number of anilines is 1. The van der Waals surface area contributed by atoms with Gasteiger partial charge in [0.15, 0.2) is 0 Å². The predicted molar refractivity (Wildman–Crippen MR) is 151 cm³/mol. The van der Waals surface area contributed by atoms with E-state index in [4.69, 9.17) is 9.84 Å². The SMILES string of the molecule is C=CCN(C(=O)[C@@H]1[C@@H]2CCC3(O2)C(C(=O)N(CC=C)C(C)C)N(CCCCCCO)C(=O)[C@H]13)c1ccccc1. The molecular formula is C31H43N3O5. The zero-order chi connectivity index (χ0) is 28.2. The summed E-state index contributed by atoms with van der Waals surface area (Å²) in [5.74, 6) is -1.83. The number of para-hydroxylation sites is 1. The van der Waals surface area contributed by atoms with Crippen molar-refractivity contribution < 1.29 is 24.2 Å². The fourth-order valence-electron chi connectivity index (χ4n) is 6.79. The van der Waals surface area contributed by atoms with Crippen molar-refractivity contribution in [3.8, 4) is 0 Å². The number of amides is 3.